The molecule has 5 nitrogen and oxygen atoms in total. The maximum Gasteiger partial charge on any atom is 0.144 e. The van der Waals surface area contributed by atoms with Crippen LogP contribution in [0.5, 0.6) is 0 Å². The molecule has 0 amide bonds. The van der Waals surface area contributed by atoms with Crippen molar-refractivity contribution in [1.29, 1.82) is 5.26 Å². The van der Waals surface area contributed by atoms with Gasteiger partial charge in [0.25, 0.3) is 0 Å². The molecular weight excluding hydrogens is 250 g/mol. The minimum atomic E-state index is 0.184. The van der Waals surface area contributed by atoms with Gasteiger partial charge in [-0.3, -0.25) is 0 Å². The number of fused-ring (bicyclic) bond motifs is 1. The fourth-order valence-corrected chi connectivity index (χ4v) is 2.66. The predicted octanol–water partition coefficient (Wildman–Crippen LogP) is 2.14. The molecule has 0 saturated heterocycles. The minimum Gasteiger partial charge on any atom is -0.365 e. The first-order valence-corrected chi connectivity index (χ1v) is 6.91. The number of anilines is 1. The second kappa shape index (κ2) is 5.33. The highest BCUT2D eigenvalue weighted by Crippen LogP contribution is 2.25. The van der Waals surface area contributed by atoms with E-state index in [9.17, 15) is 5.26 Å². The number of imidazole rings is 1. The van der Waals surface area contributed by atoms with Crippen molar-refractivity contribution in [3.63, 3.8) is 0 Å². The molecule has 1 aliphatic carbocycles. The number of pyridine rings is 1. The Morgan fingerprint density at radius 3 is 3.15 bits per heavy atom. The van der Waals surface area contributed by atoms with Gasteiger partial charge in [0.15, 0.2) is 0 Å². The van der Waals surface area contributed by atoms with Crippen molar-refractivity contribution in [2.75, 3.05) is 5.32 Å². The first-order chi connectivity index (χ1) is 9.76. The molecule has 0 aromatic carbocycles. The third kappa shape index (κ3) is 2.50. The summed E-state index contributed by atoms with van der Waals surface area (Å²) in [7, 11) is 0. The van der Waals surface area contributed by atoms with Gasteiger partial charge in [-0.25, -0.2) is 9.97 Å². The smallest absolute Gasteiger partial charge is 0.144 e. The second-order valence-electron chi connectivity index (χ2n) is 5.26. The lowest BCUT2D eigenvalue weighted by Gasteiger charge is -2.16. The molecule has 1 unspecified atom stereocenters. The van der Waals surface area contributed by atoms with Crippen LogP contribution in [0.15, 0.2) is 24.8 Å². The average Bonchev–Trinajstić information content (AvgIpc) is 3.08. The van der Waals surface area contributed by atoms with Gasteiger partial charge in [0.1, 0.15) is 11.9 Å². The van der Waals surface area contributed by atoms with Gasteiger partial charge in [-0.1, -0.05) is 0 Å². The predicted molar refractivity (Wildman–Crippen MR) is 76.3 cm³/mol. The number of hydrogen-bond acceptors (Lipinski definition) is 4. The lowest BCUT2D eigenvalue weighted by molar-refractivity contribution is 0.616. The highest BCUT2D eigenvalue weighted by molar-refractivity contribution is 5.55. The lowest BCUT2D eigenvalue weighted by Crippen LogP contribution is -2.22. The van der Waals surface area contributed by atoms with Gasteiger partial charge in [0, 0.05) is 30.7 Å². The van der Waals surface area contributed by atoms with Gasteiger partial charge in [-0.15, -0.1) is 0 Å². The Morgan fingerprint density at radius 1 is 1.50 bits per heavy atom. The van der Waals surface area contributed by atoms with Crippen molar-refractivity contribution in [3.05, 3.63) is 41.6 Å². The number of nitrogens with one attached hydrogen (secondary N) is 1. The molecule has 0 bridgehead atoms. The zero-order valence-corrected chi connectivity index (χ0v) is 11.5. The monoisotopic (exact) mass is 267 g/mol. The van der Waals surface area contributed by atoms with Crippen LogP contribution in [0.3, 0.4) is 0 Å². The molecule has 1 atom stereocenters. The van der Waals surface area contributed by atoms with Gasteiger partial charge in [-0.2, -0.15) is 5.26 Å². The van der Waals surface area contributed by atoms with E-state index < -0.39 is 0 Å². The third-order valence-electron chi connectivity index (χ3n) is 3.60. The van der Waals surface area contributed by atoms with E-state index >= 15 is 0 Å². The normalized spacial score (nSPS) is 14.6. The van der Waals surface area contributed by atoms with Crippen molar-refractivity contribution >= 4 is 5.82 Å². The molecule has 3 rings (SSSR count). The van der Waals surface area contributed by atoms with Crippen molar-refractivity contribution in [2.45, 2.75) is 38.8 Å². The number of aryl methyl sites for hydroxylation is 2. The fourth-order valence-electron chi connectivity index (χ4n) is 2.66. The molecule has 0 radical (unpaired) electrons. The largest absolute Gasteiger partial charge is 0.365 e. The number of nitriles is 1. The molecule has 0 aliphatic heterocycles. The van der Waals surface area contributed by atoms with E-state index in [2.05, 4.69) is 28.3 Å². The van der Waals surface area contributed by atoms with E-state index in [1.165, 1.54) is 5.56 Å². The van der Waals surface area contributed by atoms with Crippen molar-refractivity contribution in [2.24, 2.45) is 0 Å². The summed E-state index contributed by atoms with van der Waals surface area (Å²) in [6, 6.07) is 4.42. The highest BCUT2D eigenvalue weighted by Gasteiger charge is 2.17. The Labute approximate surface area is 118 Å². The molecule has 2 heterocycles. The number of nitrogens with zero attached hydrogens (tertiary/aromatic N) is 4. The summed E-state index contributed by atoms with van der Waals surface area (Å²) in [5.74, 6) is 0.709. The molecule has 0 fully saturated rings. The summed E-state index contributed by atoms with van der Waals surface area (Å²) >= 11 is 0. The number of rotatable bonds is 4. The molecule has 2 aromatic heterocycles. The molecule has 1 aliphatic rings. The van der Waals surface area contributed by atoms with E-state index in [-0.39, 0.29) is 6.04 Å². The molecule has 0 spiro atoms. The van der Waals surface area contributed by atoms with Crippen LogP contribution in [0.2, 0.25) is 0 Å². The minimum absolute atomic E-state index is 0.184. The van der Waals surface area contributed by atoms with E-state index in [1.54, 1.807) is 12.5 Å². The van der Waals surface area contributed by atoms with Crippen LogP contribution in [0.25, 0.3) is 0 Å². The molecule has 20 heavy (non-hydrogen) atoms. The fraction of sp³-hybridized carbons (Fsp3) is 0.400. The van der Waals surface area contributed by atoms with E-state index in [0.717, 1.165) is 31.5 Å². The molecule has 102 valence electrons. The first kappa shape index (κ1) is 12.7. The maximum atomic E-state index is 9.27. The third-order valence-corrected chi connectivity index (χ3v) is 3.60. The van der Waals surface area contributed by atoms with Gasteiger partial charge in [-0.05, 0) is 37.8 Å². The van der Waals surface area contributed by atoms with Crippen LogP contribution in [-0.4, -0.2) is 20.6 Å². The van der Waals surface area contributed by atoms with Crippen LogP contribution in [0.1, 0.15) is 30.2 Å². The number of hydrogen-bond donors (Lipinski definition) is 1. The van der Waals surface area contributed by atoms with Gasteiger partial charge in [0.05, 0.1) is 11.9 Å². The quantitative estimate of drug-likeness (QED) is 0.921. The van der Waals surface area contributed by atoms with Crippen LogP contribution < -0.4 is 5.32 Å². The zero-order valence-electron chi connectivity index (χ0n) is 11.5. The average molecular weight is 267 g/mol. The molecule has 0 saturated carbocycles. The van der Waals surface area contributed by atoms with Gasteiger partial charge >= 0.3 is 0 Å². The summed E-state index contributed by atoms with van der Waals surface area (Å²) in [4.78, 5) is 8.67. The Kier molecular flexibility index (Phi) is 3.38. The van der Waals surface area contributed by atoms with Crippen LogP contribution >= 0.6 is 0 Å². The zero-order chi connectivity index (χ0) is 13.9. The Bertz CT molecular complexity index is 639. The topological polar surface area (TPSA) is 66.5 Å². The van der Waals surface area contributed by atoms with Crippen molar-refractivity contribution in [1.82, 2.24) is 14.5 Å². The summed E-state index contributed by atoms with van der Waals surface area (Å²) in [6.07, 6.45) is 8.69. The molecule has 2 aromatic rings. The maximum absolute atomic E-state index is 9.27. The Morgan fingerprint density at radius 2 is 2.40 bits per heavy atom. The molecule has 5 heteroatoms. The van der Waals surface area contributed by atoms with Gasteiger partial charge < -0.3 is 9.88 Å². The van der Waals surface area contributed by atoms with E-state index in [0.29, 0.717) is 11.4 Å². The van der Waals surface area contributed by atoms with Crippen LogP contribution in [-0.2, 0) is 19.4 Å². The lowest BCUT2D eigenvalue weighted by atomic mass is 10.1. The highest BCUT2D eigenvalue weighted by atomic mass is 15.1. The SMILES string of the molecule is CC(Cn1ccnc1)Nc1nc2c(cc1C#N)CCC2. The van der Waals surface area contributed by atoms with Crippen molar-refractivity contribution < 1.29 is 0 Å². The standard InChI is InChI=1S/C15H17N5/c1-11(9-20-6-5-17-10-20)18-15-13(8-16)7-12-3-2-4-14(12)19-15/h5-7,10-11H,2-4,9H2,1H3,(H,18,19). The summed E-state index contributed by atoms with van der Waals surface area (Å²) in [5.41, 5.74) is 3.01. The Balaban J connectivity index is 1.78. The second-order valence-corrected chi connectivity index (χ2v) is 5.26. The van der Waals surface area contributed by atoms with Gasteiger partial charge in [0.2, 0.25) is 0 Å². The summed E-state index contributed by atoms with van der Waals surface area (Å²) < 4.78 is 2.01. The van der Waals surface area contributed by atoms with E-state index in [1.807, 2.05) is 16.8 Å². The van der Waals surface area contributed by atoms with Crippen LogP contribution in [0, 0.1) is 11.3 Å². The van der Waals surface area contributed by atoms with Crippen LogP contribution in [0.4, 0.5) is 5.82 Å². The van der Waals surface area contributed by atoms with Crippen molar-refractivity contribution in [3.8, 4) is 6.07 Å². The first-order valence-electron chi connectivity index (χ1n) is 6.91. The summed E-state index contributed by atoms with van der Waals surface area (Å²) in [5, 5.41) is 12.6. The molecular formula is C15H17N5. The number of aromatic nitrogens is 3. The van der Waals surface area contributed by atoms with E-state index in [4.69, 9.17) is 0 Å². The Hall–Kier alpha value is -2.35. The molecule has 1 N–H and O–H groups in total. The summed E-state index contributed by atoms with van der Waals surface area (Å²) in [6.45, 7) is 2.87.